The molecule has 29 heavy (non-hydrogen) atoms. The number of hydrogen-bond acceptors (Lipinski definition) is 4. The van der Waals surface area contributed by atoms with Crippen LogP contribution in [0.4, 0.5) is 4.79 Å². The van der Waals surface area contributed by atoms with E-state index in [4.69, 9.17) is 16.3 Å². The third-order valence-electron chi connectivity index (χ3n) is 4.73. The SMILES string of the molecule is COc1ccc2cc(/C=C3\NC(=O)N(CCc4ccccc4)C3=O)c(Cl)nc2c1. The van der Waals surface area contributed by atoms with Gasteiger partial charge in [-0.1, -0.05) is 41.9 Å². The van der Waals surface area contributed by atoms with Gasteiger partial charge in [0.1, 0.15) is 16.6 Å². The van der Waals surface area contributed by atoms with Crippen molar-refractivity contribution in [2.75, 3.05) is 13.7 Å². The zero-order valence-corrected chi connectivity index (χ0v) is 16.4. The van der Waals surface area contributed by atoms with Crippen LogP contribution in [0.2, 0.25) is 5.15 Å². The quantitative estimate of drug-likeness (QED) is 0.393. The molecular weight excluding hydrogens is 390 g/mol. The largest absolute Gasteiger partial charge is 0.497 e. The molecule has 0 bridgehead atoms. The number of carbonyl (C=O) groups excluding carboxylic acids is 2. The number of fused-ring (bicyclic) bond motifs is 1. The Morgan fingerprint density at radius 1 is 1.14 bits per heavy atom. The van der Waals surface area contributed by atoms with Crippen molar-refractivity contribution in [1.82, 2.24) is 15.2 Å². The standard InChI is InChI=1S/C22H18ClN3O3/c1-29-17-8-7-15-11-16(20(23)24-18(15)13-17)12-19-21(27)26(22(28)25-19)10-9-14-5-3-2-4-6-14/h2-8,11-13H,9-10H2,1H3,(H,25,28)/b19-12-. The molecule has 1 fully saturated rings. The Kier molecular flexibility index (Phi) is 5.18. The number of hydrogen-bond donors (Lipinski definition) is 1. The molecule has 7 heteroatoms. The molecule has 146 valence electrons. The summed E-state index contributed by atoms with van der Waals surface area (Å²) in [5, 5.41) is 3.71. The highest BCUT2D eigenvalue weighted by atomic mass is 35.5. The number of halogens is 1. The lowest BCUT2D eigenvalue weighted by molar-refractivity contribution is -0.122. The predicted octanol–water partition coefficient (Wildman–Crippen LogP) is 4.03. The fraction of sp³-hybridized carbons (Fsp3) is 0.136. The molecule has 4 rings (SSSR count). The number of methoxy groups -OCH3 is 1. The minimum Gasteiger partial charge on any atom is -0.497 e. The van der Waals surface area contributed by atoms with Gasteiger partial charge in [-0.05, 0) is 36.3 Å². The molecule has 0 aliphatic carbocycles. The average Bonchev–Trinajstić information content (AvgIpc) is 3.00. The molecule has 0 saturated carbocycles. The highest BCUT2D eigenvalue weighted by molar-refractivity contribution is 6.31. The second-order valence-corrected chi connectivity index (χ2v) is 6.97. The second kappa shape index (κ2) is 7.93. The van der Waals surface area contributed by atoms with Crippen molar-refractivity contribution in [2.24, 2.45) is 0 Å². The lowest BCUT2D eigenvalue weighted by Crippen LogP contribution is -2.32. The summed E-state index contributed by atoms with van der Waals surface area (Å²) < 4.78 is 5.20. The topological polar surface area (TPSA) is 71.5 Å². The van der Waals surface area contributed by atoms with Crippen molar-refractivity contribution in [2.45, 2.75) is 6.42 Å². The van der Waals surface area contributed by atoms with Crippen molar-refractivity contribution >= 4 is 40.5 Å². The van der Waals surface area contributed by atoms with E-state index >= 15 is 0 Å². The Labute approximate surface area is 172 Å². The van der Waals surface area contributed by atoms with Crippen LogP contribution in [0.5, 0.6) is 5.75 Å². The number of amides is 3. The summed E-state index contributed by atoms with van der Waals surface area (Å²) in [6, 6.07) is 16.6. The molecule has 1 N–H and O–H groups in total. The first kappa shape index (κ1) is 19.0. The molecule has 0 atom stereocenters. The molecule has 3 amide bonds. The molecule has 1 aliphatic rings. The molecule has 1 aromatic heterocycles. The van der Waals surface area contributed by atoms with E-state index in [2.05, 4.69) is 10.3 Å². The van der Waals surface area contributed by atoms with Crippen LogP contribution in [0.1, 0.15) is 11.1 Å². The van der Waals surface area contributed by atoms with Crippen LogP contribution in [0.3, 0.4) is 0 Å². The fourth-order valence-electron chi connectivity index (χ4n) is 3.18. The van der Waals surface area contributed by atoms with Crippen molar-refractivity contribution in [3.8, 4) is 5.75 Å². The van der Waals surface area contributed by atoms with Gasteiger partial charge in [-0.15, -0.1) is 0 Å². The van der Waals surface area contributed by atoms with Gasteiger partial charge >= 0.3 is 6.03 Å². The van der Waals surface area contributed by atoms with E-state index < -0.39 is 6.03 Å². The van der Waals surface area contributed by atoms with Gasteiger partial charge in [0.05, 0.1) is 12.6 Å². The van der Waals surface area contributed by atoms with Gasteiger partial charge in [-0.25, -0.2) is 9.78 Å². The number of urea groups is 1. The first-order chi connectivity index (χ1) is 14.0. The summed E-state index contributed by atoms with van der Waals surface area (Å²) in [4.78, 5) is 30.5. The molecule has 1 aliphatic heterocycles. The van der Waals surface area contributed by atoms with Crippen LogP contribution in [0, 0.1) is 0 Å². The highest BCUT2D eigenvalue weighted by Gasteiger charge is 2.33. The Morgan fingerprint density at radius 2 is 1.93 bits per heavy atom. The maximum absolute atomic E-state index is 12.7. The van der Waals surface area contributed by atoms with E-state index in [1.807, 2.05) is 48.5 Å². The summed E-state index contributed by atoms with van der Waals surface area (Å²) in [5.74, 6) is 0.302. The molecular formula is C22H18ClN3O3. The summed E-state index contributed by atoms with van der Waals surface area (Å²) >= 11 is 6.30. The van der Waals surface area contributed by atoms with Crippen LogP contribution >= 0.6 is 11.6 Å². The minimum absolute atomic E-state index is 0.180. The predicted molar refractivity (Wildman–Crippen MR) is 112 cm³/mol. The zero-order valence-electron chi connectivity index (χ0n) is 15.7. The lowest BCUT2D eigenvalue weighted by Gasteiger charge is -2.11. The maximum Gasteiger partial charge on any atom is 0.329 e. The van der Waals surface area contributed by atoms with E-state index in [0.29, 0.717) is 29.8 Å². The number of pyridine rings is 1. The van der Waals surface area contributed by atoms with Gasteiger partial charge < -0.3 is 10.1 Å². The van der Waals surface area contributed by atoms with E-state index in [-0.39, 0.29) is 16.8 Å². The molecule has 0 spiro atoms. The monoisotopic (exact) mass is 407 g/mol. The number of nitrogens with one attached hydrogen (secondary N) is 1. The summed E-state index contributed by atoms with van der Waals surface area (Å²) in [7, 11) is 1.58. The molecule has 2 aromatic carbocycles. The number of aromatic nitrogens is 1. The van der Waals surface area contributed by atoms with Crippen LogP contribution in [0.15, 0.2) is 60.3 Å². The smallest absolute Gasteiger partial charge is 0.329 e. The Balaban J connectivity index is 1.57. The third-order valence-corrected chi connectivity index (χ3v) is 5.04. The van der Waals surface area contributed by atoms with Crippen molar-refractivity contribution in [3.63, 3.8) is 0 Å². The van der Waals surface area contributed by atoms with Gasteiger partial charge in [0, 0.05) is 23.6 Å². The van der Waals surface area contributed by atoms with E-state index in [1.54, 1.807) is 19.3 Å². The van der Waals surface area contributed by atoms with Crippen LogP contribution < -0.4 is 10.1 Å². The van der Waals surface area contributed by atoms with Crippen LogP contribution in [0.25, 0.3) is 17.0 Å². The number of carbonyl (C=O) groups is 2. The second-order valence-electron chi connectivity index (χ2n) is 6.61. The van der Waals surface area contributed by atoms with Crippen molar-refractivity contribution in [3.05, 3.63) is 76.6 Å². The Bertz CT molecular complexity index is 1130. The summed E-state index contributed by atoms with van der Waals surface area (Å²) in [6.45, 7) is 0.301. The van der Waals surface area contributed by atoms with Gasteiger partial charge in [0.2, 0.25) is 0 Å². The number of rotatable bonds is 5. The first-order valence-electron chi connectivity index (χ1n) is 9.08. The van der Waals surface area contributed by atoms with Gasteiger partial charge in [-0.2, -0.15) is 0 Å². The normalized spacial score (nSPS) is 15.2. The van der Waals surface area contributed by atoms with Crippen molar-refractivity contribution < 1.29 is 14.3 Å². The Morgan fingerprint density at radius 3 is 2.69 bits per heavy atom. The molecule has 2 heterocycles. The summed E-state index contributed by atoms with van der Waals surface area (Å²) in [6.07, 6.45) is 2.15. The number of imide groups is 1. The zero-order chi connectivity index (χ0) is 20.4. The minimum atomic E-state index is -0.438. The Hall–Kier alpha value is -3.38. The average molecular weight is 408 g/mol. The molecule has 3 aromatic rings. The van der Waals surface area contributed by atoms with Gasteiger partial charge in [0.25, 0.3) is 5.91 Å². The van der Waals surface area contributed by atoms with Gasteiger partial charge in [-0.3, -0.25) is 9.69 Å². The fourth-order valence-corrected chi connectivity index (χ4v) is 3.38. The van der Waals surface area contributed by atoms with Crippen LogP contribution in [-0.2, 0) is 11.2 Å². The maximum atomic E-state index is 12.7. The lowest BCUT2D eigenvalue weighted by atomic mass is 10.1. The molecule has 1 saturated heterocycles. The number of benzene rings is 2. The number of ether oxygens (including phenoxy) is 1. The van der Waals surface area contributed by atoms with E-state index in [9.17, 15) is 9.59 Å². The highest BCUT2D eigenvalue weighted by Crippen LogP contribution is 2.26. The van der Waals surface area contributed by atoms with E-state index in [0.717, 1.165) is 10.9 Å². The van der Waals surface area contributed by atoms with Crippen molar-refractivity contribution in [1.29, 1.82) is 0 Å². The van der Waals surface area contributed by atoms with E-state index in [1.165, 1.54) is 4.90 Å². The number of nitrogens with zero attached hydrogens (tertiary/aromatic N) is 2. The van der Waals surface area contributed by atoms with Crippen LogP contribution in [-0.4, -0.2) is 35.5 Å². The molecule has 6 nitrogen and oxygen atoms in total. The summed E-state index contributed by atoms with van der Waals surface area (Å²) in [5.41, 5.74) is 2.48. The first-order valence-corrected chi connectivity index (χ1v) is 9.46. The molecule has 0 unspecified atom stereocenters. The molecule has 0 radical (unpaired) electrons. The third kappa shape index (κ3) is 3.93. The van der Waals surface area contributed by atoms with Gasteiger partial charge in [0.15, 0.2) is 0 Å².